The Kier molecular flexibility index (Phi) is 19.6. The maximum Gasteiger partial charge on any atom is 0.326 e. The average molecular weight is 803 g/mol. The van der Waals surface area contributed by atoms with Gasteiger partial charge in [0.25, 0.3) is 0 Å². The molecule has 10 atom stereocenters. The van der Waals surface area contributed by atoms with E-state index in [1.165, 1.54) is 26.2 Å². The van der Waals surface area contributed by atoms with E-state index in [0.717, 1.165) is 5.56 Å². The lowest BCUT2D eigenvalue weighted by atomic mass is 9.89. The molecule has 15 heteroatoms. The van der Waals surface area contributed by atoms with Gasteiger partial charge < -0.3 is 45.6 Å². The number of methoxy groups -OCH3 is 2. The number of nitrogens with zero attached hydrogens (tertiary/aromatic N) is 3. The van der Waals surface area contributed by atoms with Crippen LogP contribution in [0.15, 0.2) is 30.3 Å². The molecule has 15 nitrogen and oxygen atoms in total. The number of carboxylic acid groups (broad SMARTS) is 1. The highest BCUT2D eigenvalue weighted by atomic mass is 16.5. The quantitative estimate of drug-likeness (QED) is 0.135. The lowest BCUT2D eigenvalue weighted by Crippen LogP contribution is -2.61. The van der Waals surface area contributed by atoms with E-state index in [4.69, 9.17) is 15.2 Å². The zero-order valence-corrected chi connectivity index (χ0v) is 36.2. The summed E-state index contributed by atoms with van der Waals surface area (Å²) in [6.07, 6.45) is 0.540. The molecule has 1 aliphatic heterocycles. The van der Waals surface area contributed by atoms with E-state index in [-0.39, 0.29) is 42.4 Å². The number of carbonyl (C=O) groups excluding carboxylic acids is 5. The maximum absolute atomic E-state index is 14.4. The minimum Gasteiger partial charge on any atom is -0.480 e. The molecule has 5 N–H and O–H groups in total. The van der Waals surface area contributed by atoms with E-state index in [2.05, 4.69) is 10.6 Å². The van der Waals surface area contributed by atoms with Crippen molar-refractivity contribution < 1.29 is 43.3 Å². The number of aliphatic carboxylic acids is 1. The normalized spacial score (nSPS) is 19.1. The molecule has 1 saturated heterocycles. The van der Waals surface area contributed by atoms with Crippen molar-refractivity contribution in [2.45, 2.75) is 136 Å². The molecule has 1 heterocycles. The number of amides is 5. The first-order valence-corrected chi connectivity index (χ1v) is 20.2. The van der Waals surface area contributed by atoms with Crippen molar-refractivity contribution in [3.05, 3.63) is 35.9 Å². The molecule has 322 valence electrons. The minimum atomic E-state index is -1.15. The molecule has 5 amide bonds. The summed E-state index contributed by atoms with van der Waals surface area (Å²) in [5, 5.41) is 15.5. The Morgan fingerprint density at radius 3 is 1.98 bits per heavy atom. The Bertz CT molecular complexity index is 1490. The first-order valence-electron chi connectivity index (χ1n) is 20.2. The Balaban J connectivity index is 2.30. The number of carboxylic acids is 1. The predicted molar refractivity (Wildman–Crippen MR) is 218 cm³/mol. The van der Waals surface area contributed by atoms with Crippen LogP contribution in [0.2, 0.25) is 0 Å². The summed E-state index contributed by atoms with van der Waals surface area (Å²) in [6, 6.07) is 4.29. The summed E-state index contributed by atoms with van der Waals surface area (Å²) in [4.78, 5) is 85.3. The lowest BCUT2D eigenvalue weighted by Gasteiger charge is -2.41. The smallest absolute Gasteiger partial charge is 0.326 e. The molecule has 1 aromatic carbocycles. The van der Waals surface area contributed by atoms with Crippen molar-refractivity contribution in [2.24, 2.45) is 29.4 Å². The number of carbonyl (C=O) groups is 6. The number of hydrogen-bond acceptors (Lipinski definition) is 9. The fourth-order valence-electron chi connectivity index (χ4n) is 8.01. The highest BCUT2D eigenvalue weighted by Crippen LogP contribution is 2.30. The Labute approximate surface area is 339 Å². The zero-order chi connectivity index (χ0) is 43.3. The standard InChI is InChI=1S/C42H70N6O9/c1-13-26(6)36(47(10)41(53)34(24(2)3)45-39(51)35(25(4)5)46(9)40(52)28(8)43)32(56-11)23-33(49)48-21-17-20-31(48)37(57-12)27(7)38(50)44-30(42(54)55)22-29-18-15-14-16-19-29/h14-16,18-19,24-28,30-32,34-37H,13,17,20-23,43H2,1-12H3,(H,44,50)(H,45,51)(H,54,55)/t26-,27+,28-,30-,31-,32+,34-,35-,36-,37+/m0/s1. The molecule has 1 aromatic rings. The van der Waals surface area contributed by atoms with E-state index in [0.29, 0.717) is 25.8 Å². The van der Waals surface area contributed by atoms with E-state index < -0.39 is 78.1 Å². The second kappa shape index (κ2) is 22.8. The van der Waals surface area contributed by atoms with Crippen molar-refractivity contribution in [3.8, 4) is 0 Å². The van der Waals surface area contributed by atoms with Gasteiger partial charge >= 0.3 is 5.97 Å². The number of rotatable bonds is 22. The van der Waals surface area contributed by atoms with Crippen LogP contribution >= 0.6 is 0 Å². The van der Waals surface area contributed by atoms with E-state index >= 15 is 0 Å². The summed E-state index contributed by atoms with van der Waals surface area (Å²) in [7, 11) is 6.18. The van der Waals surface area contributed by atoms with Gasteiger partial charge in [-0.3, -0.25) is 24.0 Å². The summed E-state index contributed by atoms with van der Waals surface area (Å²) in [5.41, 5.74) is 6.61. The number of nitrogens with one attached hydrogen (secondary N) is 2. The van der Waals surface area contributed by atoms with Gasteiger partial charge in [-0.2, -0.15) is 0 Å². The minimum absolute atomic E-state index is 0.0624. The monoisotopic (exact) mass is 803 g/mol. The van der Waals surface area contributed by atoms with E-state index in [9.17, 15) is 33.9 Å². The zero-order valence-electron chi connectivity index (χ0n) is 36.2. The van der Waals surface area contributed by atoms with Crippen molar-refractivity contribution >= 4 is 35.5 Å². The first kappa shape index (κ1) is 49.1. The Morgan fingerprint density at radius 1 is 0.877 bits per heavy atom. The van der Waals surface area contributed by atoms with Gasteiger partial charge in [0.05, 0.1) is 42.7 Å². The maximum atomic E-state index is 14.4. The van der Waals surface area contributed by atoms with Crippen molar-refractivity contribution in [1.29, 1.82) is 0 Å². The van der Waals surface area contributed by atoms with Gasteiger partial charge in [-0.15, -0.1) is 0 Å². The molecule has 0 aliphatic carbocycles. The molecule has 0 spiro atoms. The predicted octanol–water partition coefficient (Wildman–Crippen LogP) is 2.69. The molecular formula is C42H70N6O9. The van der Waals surface area contributed by atoms with Gasteiger partial charge in [0.1, 0.15) is 18.1 Å². The number of likely N-dealkylation sites (N-methyl/N-ethyl adjacent to an activating group) is 2. The molecule has 0 aromatic heterocycles. The second-order valence-electron chi connectivity index (χ2n) is 16.3. The van der Waals surface area contributed by atoms with E-state index in [1.54, 1.807) is 55.0 Å². The fourth-order valence-corrected chi connectivity index (χ4v) is 8.01. The van der Waals surface area contributed by atoms with Gasteiger partial charge in [-0.25, -0.2) is 4.79 Å². The third kappa shape index (κ3) is 13.0. The molecule has 1 fully saturated rings. The largest absolute Gasteiger partial charge is 0.480 e. The van der Waals surface area contributed by atoms with Gasteiger partial charge in [-0.1, -0.05) is 85.2 Å². The van der Waals surface area contributed by atoms with Crippen LogP contribution in [0.5, 0.6) is 0 Å². The number of benzene rings is 1. The number of likely N-dealkylation sites (tertiary alicyclic amines) is 1. The third-order valence-electron chi connectivity index (χ3n) is 11.4. The average Bonchev–Trinajstić information content (AvgIpc) is 3.65. The topological polar surface area (TPSA) is 201 Å². The van der Waals surface area contributed by atoms with Crippen LogP contribution in [-0.2, 0) is 44.7 Å². The molecule has 0 bridgehead atoms. The van der Waals surface area contributed by atoms with Crippen LogP contribution < -0.4 is 16.4 Å². The molecule has 1 aliphatic rings. The Hall–Kier alpha value is -4.08. The highest BCUT2D eigenvalue weighted by Gasteiger charge is 2.44. The van der Waals surface area contributed by atoms with Crippen molar-refractivity contribution in [3.63, 3.8) is 0 Å². The number of hydrogen-bond donors (Lipinski definition) is 4. The molecule has 57 heavy (non-hydrogen) atoms. The summed E-state index contributed by atoms with van der Waals surface area (Å²) >= 11 is 0. The summed E-state index contributed by atoms with van der Waals surface area (Å²) in [6.45, 7) is 14.9. The lowest BCUT2D eigenvalue weighted by molar-refractivity contribution is -0.149. The molecular weight excluding hydrogens is 732 g/mol. The first-order chi connectivity index (χ1) is 26.7. The molecule has 2 rings (SSSR count). The van der Waals surface area contributed by atoms with Crippen LogP contribution in [0.1, 0.15) is 86.6 Å². The highest BCUT2D eigenvalue weighted by molar-refractivity contribution is 5.93. The fraction of sp³-hybridized carbons (Fsp3) is 0.714. The van der Waals surface area contributed by atoms with Crippen LogP contribution in [-0.4, -0.2) is 139 Å². The molecule has 0 saturated carbocycles. The second-order valence-corrected chi connectivity index (χ2v) is 16.3. The van der Waals surface area contributed by atoms with Crippen LogP contribution in [0.3, 0.4) is 0 Å². The van der Waals surface area contributed by atoms with Crippen molar-refractivity contribution in [1.82, 2.24) is 25.3 Å². The Morgan fingerprint density at radius 2 is 1.49 bits per heavy atom. The SMILES string of the molecule is CC[C@H](C)[C@@H]([C@@H](CC(=O)N1CCC[C@H]1[C@H](OC)[C@@H](C)C(=O)N[C@@H](Cc1ccccc1)C(=O)O)OC)N(C)C(=O)[C@@H](NC(=O)[C@H](C(C)C)N(C)C(=O)[C@H](C)N)C(C)C. The van der Waals surface area contributed by atoms with Gasteiger partial charge in [0.2, 0.25) is 29.5 Å². The summed E-state index contributed by atoms with van der Waals surface area (Å²) < 4.78 is 11.9. The molecule has 0 radical (unpaired) electrons. The summed E-state index contributed by atoms with van der Waals surface area (Å²) in [5.74, 6) is -4.55. The van der Waals surface area contributed by atoms with Gasteiger partial charge in [0, 0.05) is 41.3 Å². The van der Waals surface area contributed by atoms with Crippen molar-refractivity contribution in [2.75, 3.05) is 34.9 Å². The number of ether oxygens (including phenoxy) is 2. The number of nitrogens with two attached hydrogens (primary N) is 1. The van der Waals surface area contributed by atoms with Crippen LogP contribution in [0.25, 0.3) is 0 Å². The van der Waals surface area contributed by atoms with Crippen LogP contribution in [0, 0.1) is 23.7 Å². The van der Waals surface area contributed by atoms with Gasteiger partial charge in [-0.05, 0) is 43.1 Å². The van der Waals surface area contributed by atoms with E-state index in [1.807, 2.05) is 47.6 Å². The van der Waals surface area contributed by atoms with Crippen LogP contribution in [0.4, 0.5) is 0 Å². The molecule has 0 unspecified atom stereocenters. The van der Waals surface area contributed by atoms with Gasteiger partial charge in [0.15, 0.2) is 0 Å². The third-order valence-corrected chi connectivity index (χ3v) is 11.4.